The zero-order chi connectivity index (χ0) is 18.4. The van der Waals surface area contributed by atoms with Gasteiger partial charge in [0.25, 0.3) is 5.91 Å². The van der Waals surface area contributed by atoms with Crippen LogP contribution >= 0.6 is 0 Å². The number of esters is 1. The zero-order valence-corrected chi connectivity index (χ0v) is 13.9. The number of benzene rings is 2. The van der Waals surface area contributed by atoms with E-state index in [9.17, 15) is 18.8 Å². The molecule has 1 atom stereocenters. The standard InChI is InChI=1S/C19H18FNO4/c1-12(22)15-6-8-17(9-7-15)21-19(24)13(2)25-18(23)11-14-4-3-5-16(20)10-14/h3-10,13H,11H2,1-2H3,(H,21,24)/t13-/m0/s1. The van der Waals surface area contributed by atoms with Crippen molar-refractivity contribution in [3.63, 3.8) is 0 Å². The summed E-state index contributed by atoms with van der Waals surface area (Å²) in [6, 6.07) is 12.0. The maximum Gasteiger partial charge on any atom is 0.311 e. The van der Waals surface area contributed by atoms with Gasteiger partial charge in [-0.1, -0.05) is 12.1 Å². The Bertz CT molecular complexity index is 786. The molecule has 0 bridgehead atoms. The molecule has 2 rings (SSSR count). The Kier molecular flexibility index (Phi) is 6.00. The van der Waals surface area contributed by atoms with Crippen molar-refractivity contribution in [3.8, 4) is 0 Å². The average molecular weight is 343 g/mol. The summed E-state index contributed by atoms with van der Waals surface area (Å²) < 4.78 is 18.2. The SMILES string of the molecule is CC(=O)c1ccc(NC(=O)[C@H](C)OC(=O)Cc2cccc(F)c2)cc1. The number of rotatable bonds is 6. The van der Waals surface area contributed by atoms with Gasteiger partial charge in [-0.15, -0.1) is 0 Å². The summed E-state index contributed by atoms with van der Waals surface area (Å²) in [5.41, 5.74) is 1.49. The molecule has 0 saturated heterocycles. The van der Waals surface area contributed by atoms with Gasteiger partial charge >= 0.3 is 5.97 Å². The highest BCUT2D eigenvalue weighted by Gasteiger charge is 2.18. The number of nitrogens with one attached hydrogen (secondary N) is 1. The van der Waals surface area contributed by atoms with Crippen LogP contribution in [0, 0.1) is 5.82 Å². The van der Waals surface area contributed by atoms with Gasteiger partial charge in [0.15, 0.2) is 11.9 Å². The molecule has 0 aliphatic rings. The van der Waals surface area contributed by atoms with Gasteiger partial charge in [0, 0.05) is 11.3 Å². The third-order valence-corrected chi connectivity index (χ3v) is 3.47. The average Bonchev–Trinajstić information content (AvgIpc) is 2.55. The molecular weight excluding hydrogens is 325 g/mol. The molecule has 0 fully saturated rings. The van der Waals surface area contributed by atoms with Crippen LogP contribution in [0.1, 0.15) is 29.8 Å². The first kappa shape index (κ1) is 18.3. The molecule has 0 unspecified atom stereocenters. The van der Waals surface area contributed by atoms with Crippen molar-refractivity contribution in [3.05, 3.63) is 65.5 Å². The number of hydrogen-bond acceptors (Lipinski definition) is 4. The predicted octanol–water partition coefficient (Wildman–Crippen LogP) is 3.14. The molecule has 130 valence electrons. The van der Waals surface area contributed by atoms with Crippen LogP contribution in [0.15, 0.2) is 48.5 Å². The molecule has 25 heavy (non-hydrogen) atoms. The van der Waals surface area contributed by atoms with E-state index in [0.717, 1.165) is 0 Å². The minimum absolute atomic E-state index is 0.0717. The van der Waals surface area contributed by atoms with Crippen LogP contribution in [0.5, 0.6) is 0 Å². The summed E-state index contributed by atoms with van der Waals surface area (Å²) in [5, 5.41) is 2.60. The molecule has 0 aromatic heterocycles. The molecule has 0 saturated carbocycles. The van der Waals surface area contributed by atoms with E-state index in [1.165, 1.54) is 32.0 Å². The highest BCUT2D eigenvalue weighted by molar-refractivity contribution is 5.97. The number of ether oxygens (including phenoxy) is 1. The second-order valence-corrected chi connectivity index (χ2v) is 5.56. The van der Waals surface area contributed by atoms with Gasteiger partial charge in [0.2, 0.25) is 0 Å². The van der Waals surface area contributed by atoms with Crippen LogP contribution < -0.4 is 5.32 Å². The lowest BCUT2D eigenvalue weighted by molar-refractivity contribution is -0.152. The number of hydrogen-bond donors (Lipinski definition) is 1. The normalized spacial score (nSPS) is 11.5. The molecule has 0 heterocycles. The number of amides is 1. The fraction of sp³-hybridized carbons (Fsp3) is 0.211. The van der Waals surface area contributed by atoms with E-state index in [4.69, 9.17) is 4.74 Å². The molecule has 1 N–H and O–H groups in total. The maximum absolute atomic E-state index is 13.1. The largest absolute Gasteiger partial charge is 0.452 e. The monoisotopic (exact) mass is 343 g/mol. The summed E-state index contributed by atoms with van der Waals surface area (Å²) in [4.78, 5) is 35.1. The van der Waals surface area contributed by atoms with Crippen molar-refractivity contribution in [2.75, 3.05) is 5.32 Å². The van der Waals surface area contributed by atoms with E-state index < -0.39 is 23.8 Å². The van der Waals surface area contributed by atoms with Gasteiger partial charge in [-0.2, -0.15) is 0 Å². The lowest BCUT2D eigenvalue weighted by Crippen LogP contribution is -2.30. The number of ketones is 1. The van der Waals surface area contributed by atoms with E-state index in [2.05, 4.69) is 5.32 Å². The Morgan fingerprint density at radius 1 is 1.12 bits per heavy atom. The first-order valence-electron chi connectivity index (χ1n) is 7.71. The molecule has 2 aromatic rings. The van der Waals surface area contributed by atoms with Crippen LogP contribution in [-0.2, 0) is 20.7 Å². The number of carbonyl (C=O) groups excluding carboxylic acids is 3. The lowest BCUT2D eigenvalue weighted by Gasteiger charge is -2.13. The summed E-state index contributed by atoms with van der Waals surface area (Å²) >= 11 is 0. The van der Waals surface area contributed by atoms with E-state index in [0.29, 0.717) is 16.8 Å². The first-order chi connectivity index (χ1) is 11.8. The molecule has 0 aliphatic carbocycles. The third-order valence-electron chi connectivity index (χ3n) is 3.47. The molecule has 0 aliphatic heterocycles. The smallest absolute Gasteiger partial charge is 0.311 e. The van der Waals surface area contributed by atoms with Gasteiger partial charge in [-0.25, -0.2) is 4.39 Å². The molecule has 2 aromatic carbocycles. The van der Waals surface area contributed by atoms with Gasteiger partial charge < -0.3 is 10.1 Å². The molecule has 5 nitrogen and oxygen atoms in total. The number of Topliss-reactive ketones (excluding diaryl/α,β-unsaturated/α-hetero) is 1. The summed E-state index contributed by atoms with van der Waals surface area (Å²) in [5.74, 6) is -1.63. The van der Waals surface area contributed by atoms with Crippen LogP contribution in [0.4, 0.5) is 10.1 Å². The maximum atomic E-state index is 13.1. The Balaban J connectivity index is 1.88. The van der Waals surface area contributed by atoms with Crippen molar-refractivity contribution < 1.29 is 23.5 Å². The fourth-order valence-corrected chi connectivity index (χ4v) is 2.14. The second-order valence-electron chi connectivity index (χ2n) is 5.56. The second kappa shape index (κ2) is 8.19. The van der Waals surface area contributed by atoms with Crippen molar-refractivity contribution in [1.82, 2.24) is 0 Å². The fourth-order valence-electron chi connectivity index (χ4n) is 2.14. The van der Waals surface area contributed by atoms with E-state index in [1.54, 1.807) is 30.3 Å². The van der Waals surface area contributed by atoms with Crippen LogP contribution in [0.25, 0.3) is 0 Å². The Morgan fingerprint density at radius 2 is 1.80 bits per heavy atom. The van der Waals surface area contributed by atoms with Gasteiger partial charge in [0.1, 0.15) is 5.82 Å². The Labute approximate surface area is 144 Å². The van der Waals surface area contributed by atoms with Crippen molar-refractivity contribution in [2.45, 2.75) is 26.4 Å². The number of halogens is 1. The van der Waals surface area contributed by atoms with Gasteiger partial charge in [-0.3, -0.25) is 14.4 Å². The van der Waals surface area contributed by atoms with Crippen LogP contribution in [-0.4, -0.2) is 23.8 Å². The lowest BCUT2D eigenvalue weighted by atomic mass is 10.1. The van der Waals surface area contributed by atoms with Gasteiger partial charge in [0.05, 0.1) is 6.42 Å². The van der Waals surface area contributed by atoms with E-state index in [1.807, 2.05) is 0 Å². The highest BCUT2D eigenvalue weighted by atomic mass is 19.1. The van der Waals surface area contributed by atoms with Crippen molar-refractivity contribution >= 4 is 23.3 Å². The molecule has 6 heteroatoms. The number of carbonyl (C=O) groups is 3. The van der Waals surface area contributed by atoms with Gasteiger partial charge in [-0.05, 0) is 55.8 Å². The number of anilines is 1. The topological polar surface area (TPSA) is 72.5 Å². The quantitative estimate of drug-likeness (QED) is 0.646. The van der Waals surface area contributed by atoms with Crippen molar-refractivity contribution in [1.29, 1.82) is 0 Å². The highest BCUT2D eigenvalue weighted by Crippen LogP contribution is 2.11. The third kappa shape index (κ3) is 5.53. The van der Waals surface area contributed by atoms with E-state index in [-0.39, 0.29) is 12.2 Å². The van der Waals surface area contributed by atoms with Crippen LogP contribution in [0.3, 0.4) is 0 Å². The summed E-state index contributed by atoms with van der Waals surface area (Å²) in [6.45, 7) is 2.90. The Morgan fingerprint density at radius 3 is 2.40 bits per heavy atom. The minimum atomic E-state index is -1.01. The van der Waals surface area contributed by atoms with Crippen LogP contribution in [0.2, 0.25) is 0 Å². The zero-order valence-electron chi connectivity index (χ0n) is 13.9. The summed E-state index contributed by atoms with van der Waals surface area (Å²) in [6.07, 6.45) is -1.13. The van der Waals surface area contributed by atoms with E-state index >= 15 is 0 Å². The molecular formula is C19H18FNO4. The minimum Gasteiger partial charge on any atom is -0.452 e. The summed E-state index contributed by atoms with van der Waals surface area (Å²) in [7, 11) is 0. The van der Waals surface area contributed by atoms with Crippen molar-refractivity contribution in [2.24, 2.45) is 0 Å². The molecule has 1 amide bonds. The Hall–Kier alpha value is -3.02. The predicted molar refractivity (Wildman–Crippen MR) is 90.7 cm³/mol. The molecule has 0 radical (unpaired) electrons. The molecule has 0 spiro atoms. The first-order valence-corrected chi connectivity index (χ1v) is 7.71.